The maximum absolute atomic E-state index is 12.7. The average molecular weight is 335 g/mol. The molecule has 0 aliphatic heterocycles. The summed E-state index contributed by atoms with van der Waals surface area (Å²) in [6.45, 7) is 0.259. The number of sulfonamides is 1. The molecule has 0 aliphatic rings. The van der Waals surface area contributed by atoms with E-state index in [9.17, 15) is 8.42 Å². The molecule has 3 rings (SSSR count). The molecular formula is C14H13N3O3S2. The van der Waals surface area contributed by atoms with Gasteiger partial charge in [0.1, 0.15) is 17.7 Å². The van der Waals surface area contributed by atoms with E-state index in [1.54, 1.807) is 24.4 Å². The largest absolute Gasteiger partial charge is 0.364 e. The van der Waals surface area contributed by atoms with Crippen LogP contribution < -0.4 is 4.31 Å². The van der Waals surface area contributed by atoms with E-state index in [1.807, 2.05) is 16.8 Å². The van der Waals surface area contributed by atoms with E-state index >= 15 is 0 Å². The molecule has 0 atom stereocenters. The number of nitrogens with zero attached hydrogens (tertiary/aromatic N) is 3. The zero-order valence-electron chi connectivity index (χ0n) is 11.5. The number of thiophene rings is 1. The molecule has 0 fully saturated rings. The molecule has 0 aliphatic carbocycles. The first kappa shape index (κ1) is 14.7. The Balaban J connectivity index is 1.93. The van der Waals surface area contributed by atoms with Crippen LogP contribution in [0.5, 0.6) is 0 Å². The average Bonchev–Trinajstić information content (AvgIpc) is 3.18. The van der Waals surface area contributed by atoms with Gasteiger partial charge in [-0.15, -0.1) is 0 Å². The van der Waals surface area contributed by atoms with E-state index in [2.05, 4.69) is 10.1 Å². The first-order valence-electron chi connectivity index (χ1n) is 6.46. The number of anilines is 1. The predicted octanol–water partition coefficient (Wildman–Crippen LogP) is 2.67. The van der Waals surface area contributed by atoms with Crippen molar-refractivity contribution in [1.82, 2.24) is 10.1 Å². The van der Waals surface area contributed by atoms with Gasteiger partial charge in [0.2, 0.25) is 10.0 Å². The molecule has 3 aromatic rings. The Morgan fingerprint density at radius 2 is 2.18 bits per heavy atom. The van der Waals surface area contributed by atoms with Crippen LogP contribution in [0.15, 0.2) is 58.2 Å². The van der Waals surface area contributed by atoms with E-state index in [0.717, 1.165) is 5.56 Å². The van der Waals surface area contributed by atoms with Gasteiger partial charge in [0, 0.05) is 12.3 Å². The maximum atomic E-state index is 12.7. The van der Waals surface area contributed by atoms with Crippen molar-refractivity contribution in [2.24, 2.45) is 0 Å². The molecule has 3 heterocycles. The fraction of sp³-hybridized carbons (Fsp3) is 0.143. The van der Waals surface area contributed by atoms with E-state index in [4.69, 9.17) is 4.52 Å². The lowest BCUT2D eigenvalue weighted by Gasteiger charge is -2.23. The molecule has 0 saturated carbocycles. The predicted molar refractivity (Wildman–Crippen MR) is 83.9 cm³/mol. The summed E-state index contributed by atoms with van der Waals surface area (Å²) < 4.78 is 31.5. The van der Waals surface area contributed by atoms with Gasteiger partial charge in [0.15, 0.2) is 0 Å². The zero-order valence-corrected chi connectivity index (χ0v) is 13.1. The Labute approximate surface area is 132 Å². The quantitative estimate of drug-likeness (QED) is 0.692. The third-order valence-electron chi connectivity index (χ3n) is 3.00. The highest BCUT2D eigenvalue weighted by Crippen LogP contribution is 2.23. The molecule has 0 amide bonds. The van der Waals surface area contributed by atoms with Crippen LogP contribution in [0.25, 0.3) is 0 Å². The second kappa shape index (κ2) is 6.29. The first-order valence-corrected chi connectivity index (χ1v) is 9.01. The highest BCUT2D eigenvalue weighted by Gasteiger charge is 2.24. The number of pyridine rings is 1. The summed E-state index contributed by atoms with van der Waals surface area (Å²) in [6, 6.07) is 6.88. The third kappa shape index (κ3) is 3.34. The summed E-state index contributed by atoms with van der Waals surface area (Å²) in [4.78, 5) is 4.01. The summed E-state index contributed by atoms with van der Waals surface area (Å²) in [6.07, 6.45) is 4.50. The van der Waals surface area contributed by atoms with Crippen molar-refractivity contribution < 1.29 is 12.9 Å². The fourth-order valence-corrected chi connectivity index (χ4v) is 4.09. The van der Waals surface area contributed by atoms with Gasteiger partial charge in [-0.1, -0.05) is 5.16 Å². The van der Waals surface area contributed by atoms with E-state index < -0.39 is 10.0 Å². The topological polar surface area (TPSA) is 76.3 Å². The molecule has 22 heavy (non-hydrogen) atoms. The van der Waals surface area contributed by atoms with Gasteiger partial charge in [-0.2, -0.15) is 11.3 Å². The van der Waals surface area contributed by atoms with Crippen LogP contribution in [-0.2, 0) is 22.3 Å². The molecule has 0 N–H and O–H groups in total. The van der Waals surface area contributed by atoms with Crippen molar-refractivity contribution in [2.75, 3.05) is 4.31 Å². The second-order valence-corrected chi connectivity index (χ2v) is 7.27. The van der Waals surface area contributed by atoms with Crippen molar-refractivity contribution in [2.45, 2.75) is 12.3 Å². The van der Waals surface area contributed by atoms with E-state index in [1.165, 1.54) is 28.1 Å². The molecule has 6 nitrogen and oxygen atoms in total. The molecule has 0 spiro atoms. The monoisotopic (exact) mass is 335 g/mol. The second-order valence-electron chi connectivity index (χ2n) is 4.60. The Morgan fingerprint density at radius 3 is 2.82 bits per heavy atom. The molecule has 0 unspecified atom stereocenters. The summed E-state index contributed by atoms with van der Waals surface area (Å²) in [5.74, 6) is -0.220. The summed E-state index contributed by atoms with van der Waals surface area (Å²) in [5, 5.41) is 7.52. The molecule has 3 aromatic heterocycles. The highest BCUT2D eigenvalue weighted by molar-refractivity contribution is 7.92. The summed E-state index contributed by atoms with van der Waals surface area (Å²) in [5.41, 5.74) is 1.83. The normalized spacial score (nSPS) is 11.5. The van der Waals surface area contributed by atoms with Gasteiger partial charge in [-0.05, 0) is 34.5 Å². The SMILES string of the molecule is O=S(=O)(Cc1ccon1)N(Cc1ccsc1)c1cccnc1. The molecule has 0 aromatic carbocycles. The molecule has 0 saturated heterocycles. The standard InChI is InChI=1S/C14H13N3O3S2/c18-22(19,11-13-3-6-20-16-13)17(9-12-4-7-21-10-12)14-2-1-5-15-8-14/h1-8,10H,9,11H2. The smallest absolute Gasteiger partial charge is 0.241 e. The minimum atomic E-state index is -3.60. The number of rotatable bonds is 6. The van der Waals surface area contributed by atoms with Crippen molar-refractivity contribution in [3.8, 4) is 0 Å². The molecule has 114 valence electrons. The van der Waals surface area contributed by atoms with Crippen molar-refractivity contribution in [3.05, 3.63) is 64.9 Å². The van der Waals surface area contributed by atoms with E-state index in [0.29, 0.717) is 11.4 Å². The molecular weight excluding hydrogens is 322 g/mol. The highest BCUT2D eigenvalue weighted by atomic mass is 32.2. The minimum absolute atomic E-state index is 0.220. The van der Waals surface area contributed by atoms with Crippen LogP contribution in [0.3, 0.4) is 0 Å². The first-order chi connectivity index (χ1) is 10.6. The Kier molecular flexibility index (Phi) is 4.21. The van der Waals surface area contributed by atoms with Gasteiger partial charge in [-0.25, -0.2) is 8.42 Å². The van der Waals surface area contributed by atoms with Crippen molar-refractivity contribution >= 4 is 27.0 Å². The Bertz CT molecular complexity index is 800. The molecule has 0 bridgehead atoms. The van der Waals surface area contributed by atoms with Gasteiger partial charge in [0.05, 0.1) is 18.4 Å². The fourth-order valence-electron chi connectivity index (χ4n) is 1.98. The molecule has 0 radical (unpaired) electrons. The van der Waals surface area contributed by atoms with Crippen LogP contribution in [0.4, 0.5) is 5.69 Å². The van der Waals surface area contributed by atoms with Gasteiger partial charge < -0.3 is 4.52 Å². The zero-order chi connectivity index (χ0) is 15.4. The molecule has 8 heteroatoms. The Morgan fingerprint density at radius 1 is 1.27 bits per heavy atom. The minimum Gasteiger partial charge on any atom is -0.364 e. The van der Waals surface area contributed by atoms with Gasteiger partial charge in [0.25, 0.3) is 0 Å². The van der Waals surface area contributed by atoms with Crippen molar-refractivity contribution in [3.63, 3.8) is 0 Å². The number of hydrogen-bond acceptors (Lipinski definition) is 6. The summed E-state index contributed by atoms with van der Waals surface area (Å²) >= 11 is 1.53. The Hall–Kier alpha value is -2.19. The maximum Gasteiger partial charge on any atom is 0.241 e. The lowest BCUT2D eigenvalue weighted by molar-refractivity contribution is 0.413. The van der Waals surface area contributed by atoms with E-state index in [-0.39, 0.29) is 12.3 Å². The lowest BCUT2D eigenvalue weighted by atomic mass is 10.3. The van der Waals surface area contributed by atoms with Crippen molar-refractivity contribution in [1.29, 1.82) is 0 Å². The van der Waals surface area contributed by atoms with Gasteiger partial charge >= 0.3 is 0 Å². The van der Waals surface area contributed by atoms with Crippen LogP contribution >= 0.6 is 11.3 Å². The summed E-state index contributed by atoms with van der Waals surface area (Å²) in [7, 11) is -3.60. The van der Waals surface area contributed by atoms with Crippen LogP contribution in [-0.4, -0.2) is 18.6 Å². The van der Waals surface area contributed by atoms with Gasteiger partial charge in [-0.3, -0.25) is 9.29 Å². The lowest BCUT2D eigenvalue weighted by Crippen LogP contribution is -2.31. The van der Waals surface area contributed by atoms with Crippen LogP contribution in [0.1, 0.15) is 11.3 Å². The number of aromatic nitrogens is 2. The van der Waals surface area contributed by atoms with Crippen LogP contribution in [0.2, 0.25) is 0 Å². The third-order valence-corrected chi connectivity index (χ3v) is 5.40. The van der Waals surface area contributed by atoms with Crippen LogP contribution in [0, 0.1) is 0 Å². The number of hydrogen-bond donors (Lipinski definition) is 0.